The van der Waals surface area contributed by atoms with Crippen molar-refractivity contribution >= 4 is 47.5 Å². The van der Waals surface area contributed by atoms with Gasteiger partial charge in [-0.2, -0.15) is 0 Å². The summed E-state index contributed by atoms with van der Waals surface area (Å²) in [7, 11) is 7.70. The van der Waals surface area contributed by atoms with E-state index >= 15 is 0 Å². The van der Waals surface area contributed by atoms with Crippen LogP contribution in [-0.4, -0.2) is 91.2 Å². The second-order valence-corrected chi connectivity index (χ2v) is 14.0. The molecular weight excluding hydrogens is 660 g/mol. The smallest absolute Gasteiger partial charge is 0.333 e. The Hall–Kier alpha value is -5.26. The number of piperidine rings is 2. The van der Waals surface area contributed by atoms with E-state index in [9.17, 15) is 19.2 Å². The summed E-state index contributed by atoms with van der Waals surface area (Å²) in [5.41, 5.74) is 7.20. The lowest BCUT2D eigenvalue weighted by Crippen LogP contribution is -2.37. The summed E-state index contributed by atoms with van der Waals surface area (Å²) in [6, 6.07) is 15.1. The molecule has 12 nitrogen and oxygen atoms in total. The number of carbonyl (C=O) groups is 4. The molecule has 2 aliphatic rings. The van der Waals surface area contributed by atoms with Crippen molar-refractivity contribution in [3.63, 3.8) is 0 Å². The zero-order valence-electron chi connectivity index (χ0n) is 31.2. The lowest BCUT2D eigenvalue weighted by atomic mass is 9.97. The Labute approximate surface area is 307 Å². The van der Waals surface area contributed by atoms with Crippen LogP contribution in [0.3, 0.4) is 0 Å². The van der Waals surface area contributed by atoms with Gasteiger partial charge in [0.25, 0.3) is 0 Å². The van der Waals surface area contributed by atoms with Crippen molar-refractivity contribution < 1.29 is 28.7 Å². The number of benzene rings is 3. The topological polar surface area (TPSA) is 124 Å². The Morgan fingerprint density at radius 2 is 0.942 bits per heavy atom. The van der Waals surface area contributed by atoms with Gasteiger partial charge in [-0.3, -0.25) is 9.59 Å². The fraction of sp³-hybridized carbons (Fsp3) is 0.450. The summed E-state index contributed by atoms with van der Waals surface area (Å²) in [6.07, 6.45) is 7.52. The van der Waals surface area contributed by atoms with Crippen LogP contribution in [0.1, 0.15) is 52.4 Å². The van der Waals surface area contributed by atoms with Crippen LogP contribution in [0.5, 0.6) is 11.5 Å². The molecule has 2 heterocycles. The number of rotatable bonds is 14. The molecule has 2 fully saturated rings. The Kier molecular flexibility index (Phi) is 12.6. The lowest BCUT2D eigenvalue weighted by molar-refractivity contribution is -0.137. The minimum atomic E-state index is -0.790. The van der Waals surface area contributed by atoms with Gasteiger partial charge in [-0.25, -0.2) is 9.59 Å². The van der Waals surface area contributed by atoms with Crippen LogP contribution in [0.15, 0.2) is 48.5 Å². The highest BCUT2D eigenvalue weighted by atomic mass is 16.5. The molecule has 52 heavy (non-hydrogen) atoms. The van der Waals surface area contributed by atoms with Gasteiger partial charge in [0.15, 0.2) is 11.5 Å². The van der Waals surface area contributed by atoms with Gasteiger partial charge in [0, 0.05) is 54.4 Å². The SMILES string of the molecule is C[C@@H](NC=O)C(=O)Oc1c(N(C)C)cc(-c2ccc(-c3cc(N(C)C)c(OC(=O)[C@@H](C)NC=O)c(N4CCCCC4)c3)cc2)cc1N1CCCCC1. The van der Waals surface area contributed by atoms with Crippen LogP contribution in [0.2, 0.25) is 0 Å². The first-order chi connectivity index (χ1) is 25.0. The van der Waals surface area contributed by atoms with E-state index in [-0.39, 0.29) is 0 Å². The highest BCUT2D eigenvalue weighted by Crippen LogP contribution is 2.45. The monoisotopic (exact) mass is 712 g/mol. The maximum absolute atomic E-state index is 13.0. The van der Waals surface area contributed by atoms with E-state index in [4.69, 9.17) is 9.47 Å². The molecule has 12 heteroatoms. The molecule has 0 bridgehead atoms. The molecule has 0 unspecified atom stereocenters. The first kappa shape index (κ1) is 38.0. The predicted molar refractivity (Wildman–Crippen MR) is 207 cm³/mol. The number of carbonyl (C=O) groups excluding carboxylic acids is 4. The van der Waals surface area contributed by atoms with E-state index in [0.717, 1.165) is 110 Å². The van der Waals surface area contributed by atoms with Crippen molar-refractivity contribution in [2.75, 3.05) is 74.0 Å². The van der Waals surface area contributed by atoms with Gasteiger partial charge in [-0.1, -0.05) is 24.3 Å². The molecule has 2 atom stereocenters. The van der Waals surface area contributed by atoms with E-state index in [1.807, 2.05) is 50.1 Å². The molecule has 0 aromatic heterocycles. The minimum absolute atomic E-state index is 0.482. The molecule has 0 saturated carbocycles. The molecule has 3 aromatic carbocycles. The summed E-state index contributed by atoms with van der Waals surface area (Å²) in [6.45, 7) is 6.63. The van der Waals surface area contributed by atoms with Crippen molar-refractivity contribution in [1.29, 1.82) is 0 Å². The van der Waals surface area contributed by atoms with Crippen LogP contribution in [0.25, 0.3) is 22.3 Å². The highest BCUT2D eigenvalue weighted by Gasteiger charge is 2.27. The van der Waals surface area contributed by atoms with Crippen LogP contribution in [0.4, 0.5) is 22.7 Å². The van der Waals surface area contributed by atoms with E-state index in [1.54, 1.807) is 13.8 Å². The maximum atomic E-state index is 13.0. The molecule has 2 amide bonds. The third kappa shape index (κ3) is 8.78. The molecule has 5 rings (SSSR count). The molecule has 2 aliphatic heterocycles. The third-order valence-corrected chi connectivity index (χ3v) is 9.76. The Morgan fingerprint density at radius 3 is 1.25 bits per heavy atom. The average Bonchev–Trinajstić information content (AvgIpc) is 3.15. The first-order valence-electron chi connectivity index (χ1n) is 18.2. The number of nitrogens with zero attached hydrogens (tertiary/aromatic N) is 4. The van der Waals surface area contributed by atoms with E-state index < -0.39 is 24.0 Å². The lowest BCUT2D eigenvalue weighted by Gasteiger charge is -2.32. The first-order valence-corrected chi connectivity index (χ1v) is 18.2. The van der Waals surface area contributed by atoms with Crippen molar-refractivity contribution in [3.8, 4) is 33.8 Å². The molecular formula is C40H52N6O6. The highest BCUT2D eigenvalue weighted by molar-refractivity contribution is 5.90. The number of anilines is 4. The normalized spacial score (nSPS) is 15.6. The number of hydrogen-bond acceptors (Lipinski definition) is 10. The van der Waals surface area contributed by atoms with E-state index in [0.29, 0.717) is 24.3 Å². The van der Waals surface area contributed by atoms with Crippen LogP contribution in [0, 0.1) is 0 Å². The summed E-state index contributed by atoms with van der Waals surface area (Å²) >= 11 is 0. The standard InChI is InChI=1S/C40H52N6O6/c1-27(41-25-47)39(49)51-37-33(43(3)4)21-31(23-35(37)45-17-9-7-10-18-45)29-13-15-30(16-14-29)32-22-34(44(5)6)38(52-40(50)28(2)42-26-48)36(24-32)46-19-11-8-12-20-46/h13-16,21-28H,7-12,17-20H2,1-6H3,(H,41,47)(H,42,48)/t27-,28-/m1/s1. The van der Waals surface area contributed by atoms with Crippen molar-refractivity contribution in [3.05, 3.63) is 48.5 Å². The summed E-state index contributed by atoms with van der Waals surface area (Å²) in [5, 5.41) is 4.99. The van der Waals surface area contributed by atoms with E-state index in [1.165, 1.54) is 0 Å². The number of nitrogens with one attached hydrogen (secondary N) is 2. The number of ether oxygens (including phenoxy) is 2. The van der Waals surface area contributed by atoms with Crippen LogP contribution < -0.4 is 39.7 Å². The maximum Gasteiger partial charge on any atom is 0.333 e. The van der Waals surface area contributed by atoms with Gasteiger partial charge in [0.05, 0.1) is 22.7 Å². The van der Waals surface area contributed by atoms with Gasteiger partial charge in [-0.15, -0.1) is 0 Å². The Balaban J connectivity index is 1.56. The molecule has 2 N–H and O–H groups in total. The second-order valence-electron chi connectivity index (χ2n) is 14.0. The van der Waals surface area contributed by atoms with Crippen molar-refractivity contribution in [1.82, 2.24) is 10.6 Å². The molecule has 278 valence electrons. The average molecular weight is 713 g/mol. The van der Waals surface area contributed by atoms with Crippen molar-refractivity contribution in [2.45, 2.75) is 64.5 Å². The quantitative estimate of drug-likeness (QED) is 0.131. The molecule has 3 aromatic rings. The minimum Gasteiger partial charge on any atom is -0.421 e. The van der Waals surface area contributed by atoms with Gasteiger partial charge in [0.1, 0.15) is 12.1 Å². The summed E-state index contributed by atoms with van der Waals surface area (Å²) < 4.78 is 12.0. The zero-order valence-corrected chi connectivity index (χ0v) is 31.2. The fourth-order valence-electron chi connectivity index (χ4n) is 6.72. The zero-order chi connectivity index (χ0) is 37.4. The van der Waals surface area contributed by atoms with Crippen LogP contribution >= 0.6 is 0 Å². The van der Waals surface area contributed by atoms with E-state index in [2.05, 4.69) is 56.8 Å². The molecule has 2 saturated heterocycles. The second kappa shape index (κ2) is 17.3. The molecule has 0 aliphatic carbocycles. The van der Waals surface area contributed by atoms with Crippen molar-refractivity contribution in [2.24, 2.45) is 0 Å². The largest absolute Gasteiger partial charge is 0.421 e. The predicted octanol–water partition coefficient (Wildman–Crippen LogP) is 5.21. The van der Waals surface area contributed by atoms with Gasteiger partial charge in [-0.05, 0) is 98.9 Å². The number of hydrogen-bond donors (Lipinski definition) is 2. The number of amides is 2. The van der Waals surface area contributed by atoms with Crippen LogP contribution in [-0.2, 0) is 19.2 Å². The third-order valence-electron chi connectivity index (χ3n) is 9.76. The van der Waals surface area contributed by atoms with Gasteiger partial charge < -0.3 is 39.7 Å². The Morgan fingerprint density at radius 1 is 0.596 bits per heavy atom. The fourth-order valence-corrected chi connectivity index (χ4v) is 6.72. The summed E-state index contributed by atoms with van der Waals surface area (Å²) in [4.78, 5) is 56.6. The summed E-state index contributed by atoms with van der Waals surface area (Å²) in [5.74, 6) is -0.0928. The molecule has 0 spiro atoms. The van der Waals surface area contributed by atoms with Gasteiger partial charge in [0.2, 0.25) is 12.8 Å². The van der Waals surface area contributed by atoms with Gasteiger partial charge >= 0.3 is 11.9 Å². The Bertz CT molecular complexity index is 1600. The molecule has 0 radical (unpaired) electrons. The number of esters is 2.